The number of aryl methyl sites for hydroxylation is 2. The molecule has 0 heterocycles. The molecule has 0 fully saturated rings. The second kappa shape index (κ2) is 9.89. The fourth-order valence-corrected chi connectivity index (χ4v) is 3.50. The van der Waals surface area contributed by atoms with Crippen molar-refractivity contribution in [2.75, 3.05) is 0 Å². The number of allylic oxidation sites excluding steroid dienone is 6. The molecule has 146 valence electrons. The maximum atomic E-state index is 2.21. The summed E-state index contributed by atoms with van der Waals surface area (Å²) >= 11 is 0. The normalized spacial score (nSPS) is 12.6. The molecule has 0 amide bonds. The lowest BCUT2D eigenvalue weighted by Crippen LogP contribution is -1.89. The Morgan fingerprint density at radius 3 is 1.90 bits per heavy atom. The molecule has 1 aliphatic carbocycles. The molecule has 0 bridgehead atoms. The van der Waals surface area contributed by atoms with Gasteiger partial charge in [-0.3, -0.25) is 0 Å². The van der Waals surface area contributed by atoms with Crippen LogP contribution in [0.25, 0.3) is 16.7 Å². The van der Waals surface area contributed by atoms with Crippen molar-refractivity contribution in [1.29, 1.82) is 0 Å². The second-order valence-corrected chi connectivity index (χ2v) is 7.55. The van der Waals surface area contributed by atoms with E-state index >= 15 is 0 Å². The summed E-state index contributed by atoms with van der Waals surface area (Å²) in [7, 11) is 0. The van der Waals surface area contributed by atoms with Crippen LogP contribution in [0.15, 0.2) is 97.1 Å². The van der Waals surface area contributed by atoms with Gasteiger partial charge in [0.25, 0.3) is 0 Å². The molecule has 4 rings (SSSR count). The zero-order valence-corrected chi connectivity index (χ0v) is 17.9. The third-order valence-electron chi connectivity index (χ3n) is 5.59. The van der Waals surface area contributed by atoms with Crippen molar-refractivity contribution in [3.8, 4) is 11.1 Å². The van der Waals surface area contributed by atoms with Crippen LogP contribution in [0.5, 0.6) is 0 Å². The highest BCUT2D eigenvalue weighted by Gasteiger charge is 2.04. The molecule has 0 atom stereocenters. The first-order valence-electron chi connectivity index (χ1n) is 10.3. The van der Waals surface area contributed by atoms with Crippen molar-refractivity contribution in [1.82, 2.24) is 0 Å². The molecule has 0 saturated heterocycles. The molecule has 0 unspecified atom stereocenters. The lowest BCUT2D eigenvalue weighted by atomic mass is 9.96. The molecule has 0 aromatic heterocycles. The third kappa shape index (κ3) is 5.23. The first-order chi connectivity index (χ1) is 14.1. The Bertz CT molecular complexity index is 1050. The van der Waals surface area contributed by atoms with Crippen molar-refractivity contribution >= 4 is 5.57 Å². The van der Waals surface area contributed by atoms with Gasteiger partial charge in [-0.15, -0.1) is 0 Å². The van der Waals surface area contributed by atoms with Gasteiger partial charge in [-0.2, -0.15) is 0 Å². The summed E-state index contributed by atoms with van der Waals surface area (Å²) in [5, 5.41) is 0. The van der Waals surface area contributed by atoms with E-state index in [0.717, 1.165) is 6.42 Å². The van der Waals surface area contributed by atoms with E-state index in [-0.39, 0.29) is 0 Å². The van der Waals surface area contributed by atoms with E-state index in [1.807, 2.05) is 0 Å². The van der Waals surface area contributed by atoms with E-state index in [9.17, 15) is 0 Å². The smallest absolute Gasteiger partial charge is 0.0152 e. The fraction of sp³-hybridized carbons (Fsp3) is 0.172. The van der Waals surface area contributed by atoms with Crippen molar-refractivity contribution < 1.29 is 0 Å². The molecular formula is C29H30. The number of rotatable bonds is 2. The summed E-state index contributed by atoms with van der Waals surface area (Å²) in [4.78, 5) is 0. The van der Waals surface area contributed by atoms with E-state index in [0.29, 0.717) is 0 Å². The average molecular weight is 379 g/mol. The van der Waals surface area contributed by atoms with E-state index in [1.165, 1.54) is 44.5 Å². The topological polar surface area (TPSA) is 0 Å². The molecule has 0 saturated carbocycles. The van der Waals surface area contributed by atoms with Crippen LogP contribution in [0.4, 0.5) is 0 Å². The minimum absolute atomic E-state index is 1.03. The maximum Gasteiger partial charge on any atom is -0.0152 e. The molecular weight excluding hydrogens is 348 g/mol. The second-order valence-electron chi connectivity index (χ2n) is 7.55. The van der Waals surface area contributed by atoms with E-state index in [2.05, 4.69) is 125 Å². The van der Waals surface area contributed by atoms with Gasteiger partial charge in [0.05, 0.1) is 0 Å². The Kier molecular flexibility index (Phi) is 7.03. The van der Waals surface area contributed by atoms with Crippen LogP contribution in [0.1, 0.15) is 34.2 Å². The molecule has 0 aliphatic heterocycles. The van der Waals surface area contributed by atoms with Crippen LogP contribution in [0, 0.1) is 27.7 Å². The minimum atomic E-state index is 1.03. The van der Waals surface area contributed by atoms with Crippen molar-refractivity contribution in [3.63, 3.8) is 0 Å². The van der Waals surface area contributed by atoms with Crippen LogP contribution < -0.4 is 0 Å². The van der Waals surface area contributed by atoms with Gasteiger partial charge in [0.2, 0.25) is 0 Å². The average Bonchev–Trinajstić information content (AvgIpc) is 3.03. The summed E-state index contributed by atoms with van der Waals surface area (Å²) in [5.74, 6) is 0. The summed E-state index contributed by atoms with van der Waals surface area (Å²) in [5.41, 5.74) is 10.8. The summed E-state index contributed by atoms with van der Waals surface area (Å²) in [6, 6.07) is 23.4. The SMILES string of the molecule is Cc1cccc(-c2ccccc2)c1C.Cc1cccc(C2=CC=CCC=C2)c1C. The highest BCUT2D eigenvalue weighted by Crippen LogP contribution is 2.25. The molecule has 1 aliphatic rings. The van der Waals surface area contributed by atoms with Gasteiger partial charge in [0.1, 0.15) is 0 Å². The number of hydrogen-bond donors (Lipinski definition) is 0. The predicted molar refractivity (Wildman–Crippen MR) is 128 cm³/mol. The van der Waals surface area contributed by atoms with Crippen LogP contribution in [-0.2, 0) is 0 Å². The Balaban J connectivity index is 0.000000166. The quantitative estimate of drug-likeness (QED) is 0.422. The van der Waals surface area contributed by atoms with Gasteiger partial charge in [0.15, 0.2) is 0 Å². The summed E-state index contributed by atoms with van der Waals surface area (Å²) in [6.07, 6.45) is 11.9. The van der Waals surface area contributed by atoms with Crippen molar-refractivity contribution in [2.45, 2.75) is 34.1 Å². The van der Waals surface area contributed by atoms with E-state index < -0.39 is 0 Å². The largest absolute Gasteiger partial charge is 0.0807 e. The number of hydrogen-bond acceptors (Lipinski definition) is 0. The predicted octanol–water partition coefficient (Wildman–Crippen LogP) is 8.17. The highest BCUT2D eigenvalue weighted by atomic mass is 14.1. The molecule has 0 nitrogen and oxygen atoms in total. The highest BCUT2D eigenvalue weighted by molar-refractivity contribution is 5.78. The van der Waals surface area contributed by atoms with Gasteiger partial charge in [-0.05, 0) is 78.6 Å². The standard InChI is InChI=1S/C15H16.C14H14/c1-12-8-7-11-15(13(12)2)14-9-5-3-4-6-10-14;1-11-7-6-10-14(12(11)2)13-8-4-3-5-9-13/h3,5-11H,4H2,1-2H3;3-10H,1-2H3. The van der Waals surface area contributed by atoms with Gasteiger partial charge in [-0.25, -0.2) is 0 Å². The van der Waals surface area contributed by atoms with Crippen molar-refractivity contribution in [2.24, 2.45) is 0 Å². The van der Waals surface area contributed by atoms with Gasteiger partial charge in [-0.1, -0.05) is 97.1 Å². The van der Waals surface area contributed by atoms with Gasteiger partial charge >= 0.3 is 0 Å². The Morgan fingerprint density at radius 1 is 0.586 bits per heavy atom. The van der Waals surface area contributed by atoms with Crippen LogP contribution in [0.2, 0.25) is 0 Å². The molecule has 0 N–H and O–H groups in total. The zero-order valence-electron chi connectivity index (χ0n) is 17.9. The van der Waals surface area contributed by atoms with Gasteiger partial charge in [0, 0.05) is 0 Å². The summed E-state index contributed by atoms with van der Waals surface area (Å²) in [6.45, 7) is 8.68. The Morgan fingerprint density at radius 2 is 1.21 bits per heavy atom. The van der Waals surface area contributed by atoms with Gasteiger partial charge < -0.3 is 0 Å². The van der Waals surface area contributed by atoms with Crippen LogP contribution in [0.3, 0.4) is 0 Å². The van der Waals surface area contributed by atoms with Crippen molar-refractivity contribution in [3.05, 3.63) is 125 Å². The molecule has 29 heavy (non-hydrogen) atoms. The lowest BCUT2D eigenvalue weighted by molar-refractivity contribution is 1.32. The van der Waals surface area contributed by atoms with E-state index in [4.69, 9.17) is 0 Å². The van der Waals surface area contributed by atoms with Crippen LogP contribution >= 0.6 is 0 Å². The first-order valence-corrected chi connectivity index (χ1v) is 10.3. The molecule has 0 radical (unpaired) electrons. The maximum absolute atomic E-state index is 2.21. The minimum Gasteiger partial charge on any atom is -0.0807 e. The fourth-order valence-electron chi connectivity index (χ4n) is 3.50. The number of benzene rings is 3. The molecule has 3 aromatic carbocycles. The Labute approximate surface area is 175 Å². The third-order valence-corrected chi connectivity index (χ3v) is 5.59. The molecule has 3 aromatic rings. The zero-order chi connectivity index (χ0) is 20.6. The summed E-state index contributed by atoms with van der Waals surface area (Å²) < 4.78 is 0. The first kappa shape index (κ1) is 20.6. The Hall–Kier alpha value is -3.12. The monoisotopic (exact) mass is 378 g/mol. The lowest BCUT2D eigenvalue weighted by Gasteiger charge is -2.08. The molecule has 0 heteroatoms. The van der Waals surface area contributed by atoms with E-state index in [1.54, 1.807) is 0 Å². The molecule has 0 spiro atoms. The van der Waals surface area contributed by atoms with Crippen LogP contribution in [-0.4, -0.2) is 0 Å².